The van der Waals surface area contributed by atoms with E-state index in [1.165, 1.54) is 18.2 Å². The molecular weight excluding hydrogens is 321 g/mol. The van der Waals surface area contributed by atoms with E-state index in [1.54, 1.807) is 6.07 Å². The van der Waals surface area contributed by atoms with Gasteiger partial charge in [-0.2, -0.15) is 0 Å². The van der Waals surface area contributed by atoms with Gasteiger partial charge in [-0.1, -0.05) is 32.9 Å². The number of carbonyl (C=O) groups is 2. The van der Waals surface area contributed by atoms with Gasteiger partial charge >= 0.3 is 0 Å². The lowest BCUT2D eigenvalue weighted by Gasteiger charge is -2.22. The smallest absolute Gasteiger partial charge is 0.254 e. The van der Waals surface area contributed by atoms with E-state index in [9.17, 15) is 14.0 Å². The fraction of sp³-hybridized carbons (Fsp3) is 0.500. The van der Waals surface area contributed by atoms with Crippen molar-refractivity contribution in [2.45, 2.75) is 26.8 Å². The zero-order valence-corrected chi connectivity index (χ0v) is 14.5. The number of hydrogen-bond acceptors (Lipinski definition) is 3. The molecule has 0 spiro atoms. The summed E-state index contributed by atoms with van der Waals surface area (Å²) in [5.41, 5.74) is -0.0615. The van der Waals surface area contributed by atoms with E-state index in [0.717, 1.165) is 6.54 Å². The van der Waals surface area contributed by atoms with Crippen LogP contribution in [0.5, 0.6) is 0 Å². The first kappa shape index (κ1) is 21.3. The molecule has 0 bridgehead atoms. The molecule has 0 saturated carbocycles. The van der Waals surface area contributed by atoms with Crippen molar-refractivity contribution in [3.63, 3.8) is 0 Å². The van der Waals surface area contributed by atoms with E-state index >= 15 is 0 Å². The Balaban J connectivity index is 0.00000484. The molecule has 130 valence electrons. The number of likely N-dealkylation sites (N-methyl/N-ethyl adjacent to an activating group) is 1. The average molecular weight is 346 g/mol. The summed E-state index contributed by atoms with van der Waals surface area (Å²) in [6, 6.07) is 5.01. The summed E-state index contributed by atoms with van der Waals surface area (Å²) in [7, 11) is 0. The number of rotatable bonds is 8. The Morgan fingerprint density at radius 1 is 1.17 bits per heavy atom. The van der Waals surface area contributed by atoms with Crippen LogP contribution in [0.1, 0.15) is 31.1 Å². The van der Waals surface area contributed by atoms with Crippen LogP contribution in [-0.4, -0.2) is 37.5 Å². The Kier molecular flexibility index (Phi) is 10.2. The minimum Gasteiger partial charge on any atom is -0.353 e. The SMILES string of the molecule is CCNCCNC(=O)C(NC(=O)c1ccccc1F)C(C)C.Cl. The number of amides is 2. The first-order valence-corrected chi connectivity index (χ1v) is 7.51. The van der Waals surface area contributed by atoms with E-state index < -0.39 is 17.8 Å². The van der Waals surface area contributed by atoms with Gasteiger partial charge in [-0.25, -0.2) is 4.39 Å². The maximum atomic E-state index is 13.6. The molecule has 0 aromatic heterocycles. The molecule has 1 atom stereocenters. The molecule has 7 heteroatoms. The van der Waals surface area contributed by atoms with Crippen molar-refractivity contribution in [3.8, 4) is 0 Å². The summed E-state index contributed by atoms with van der Waals surface area (Å²) in [4.78, 5) is 24.3. The minimum absolute atomic E-state index is 0. The molecule has 0 aliphatic rings. The van der Waals surface area contributed by atoms with Crippen LogP contribution in [0.15, 0.2) is 24.3 Å². The topological polar surface area (TPSA) is 70.2 Å². The Labute approximate surface area is 142 Å². The number of nitrogens with one attached hydrogen (secondary N) is 3. The molecule has 1 aromatic rings. The van der Waals surface area contributed by atoms with Crippen molar-refractivity contribution >= 4 is 24.2 Å². The number of hydrogen-bond donors (Lipinski definition) is 3. The van der Waals surface area contributed by atoms with Crippen molar-refractivity contribution in [1.29, 1.82) is 0 Å². The summed E-state index contributed by atoms with van der Waals surface area (Å²) < 4.78 is 13.6. The maximum absolute atomic E-state index is 13.6. The average Bonchev–Trinajstić information content (AvgIpc) is 2.49. The maximum Gasteiger partial charge on any atom is 0.254 e. The van der Waals surface area contributed by atoms with Crippen molar-refractivity contribution in [3.05, 3.63) is 35.6 Å². The van der Waals surface area contributed by atoms with E-state index in [0.29, 0.717) is 13.1 Å². The van der Waals surface area contributed by atoms with E-state index in [2.05, 4.69) is 16.0 Å². The van der Waals surface area contributed by atoms with Gasteiger partial charge in [0.25, 0.3) is 5.91 Å². The van der Waals surface area contributed by atoms with Gasteiger partial charge in [0.15, 0.2) is 0 Å². The van der Waals surface area contributed by atoms with Crippen molar-refractivity contribution in [1.82, 2.24) is 16.0 Å². The second kappa shape index (κ2) is 11.0. The largest absolute Gasteiger partial charge is 0.353 e. The molecule has 0 radical (unpaired) electrons. The van der Waals surface area contributed by atoms with Crippen LogP contribution in [0.2, 0.25) is 0 Å². The van der Waals surface area contributed by atoms with Crippen LogP contribution >= 0.6 is 12.4 Å². The lowest BCUT2D eigenvalue weighted by molar-refractivity contribution is -0.123. The number of benzene rings is 1. The number of carbonyl (C=O) groups excluding carboxylic acids is 2. The van der Waals surface area contributed by atoms with Crippen molar-refractivity contribution in [2.24, 2.45) is 5.92 Å². The summed E-state index contributed by atoms with van der Waals surface area (Å²) in [6.07, 6.45) is 0. The summed E-state index contributed by atoms with van der Waals surface area (Å²) in [5.74, 6) is -1.55. The molecule has 0 aliphatic carbocycles. The Hall–Kier alpha value is -1.66. The first-order chi connectivity index (χ1) is 10.5. The monoisotopic (exact) mass is 345 g/mol. The van der Waals surface area contributed by atoms with Gasteiger partial charge < -0.3 is 16.0 Å². The Bertz CT molecular complexity index is 512. The molecule has 2 amide bonds. The highest BCUT2D eigenvalue weighted by molar-refractivity contribution is 5.97. The minimum atomic E-state index is -0.700. The molecular formula is C16H25ClFN3O2. The van der Waals surface area contributed by atoms with Gasteiger partial charge in [0.2, 0.25) is 5.91 Å². The molecule has 1 aromatic carbocycles. The highest BCUT2D eigenvalue weighted by Crippen LogP contribution is 2.08. The van der Waals surface area contributed by atoms with Gasteiger partial charge in [-0.05, 0) is 24.6 Å². The van der Waals surface area contributed by atoms with Gasteiger partial charge in [0.1, 0.15) is 11.9 Å². The molecule has 3 N–H and O–H groups in total. The predicted molar refractivity (Wildman–Crippen MR) is 91.3 cm³/mol. The van der Waals surface area contributed by atoms with E-state index in [4.69, 9.17) is 0 Å². The van der Waals surface area contributed by atoms with Gasteiger partial charge in [0, 0.05) is 13.1 Å². The van der Waals surface area contributed by atoms with Crippen molar-refractivity contribution < 1.29 is 14.0 Å². The van der Waals surface area contributed by atoms with Crippen LogP contribution in [0.4, 0.5) is 4.39 Å². The Morgan fingerprint density at radius 2 is 1.83 bits per heavy atom. The molecule has 0 fully saturated rings. The number of halogens is 2. The van der Waals surface area contributed by atoms with Crippen LogP contribution < -0.4 is 16.0 Å². The normalized spacial score (nSPS) is 11.5. The lowest BCUT2D eigenvalue weighted by Crippen LogP contribution is -2.50. The van der Waals surface area contributed by atoms with E-state index in [1.807, 2.05) is 20.8 Å². The molecule has 0 heterocycles. The standard InChI is InChI=1S/C16H24FN3O2.ClH/c1-4-18-9-10-19-16(22)14(11(2)3)20-15(21)12-7-5-6-8-13(12)17;/h5-8,11,14,18H,4,9-10H2,1-3H3,(H,19,22)(H,20,21);1H. The molecule has 1 rings (SSSR count). The van der Waals surface area contributed by atoms with Crippen LogP contribution in [0.3, 0.4) is 0 Å². The highest BCUT2D eigenvalue weighted by Gasteiger charge is 2.25. The second-order valence-corrected chi connectivity index (χ2v) is 5.32. The molecule has 5 nitrogen and oxygen atoms in total. The third-order valence-corrected chi connectivity index (χ3v) is 3.21. The first-order valence-electron chi connectivity index (χ1n) is 7.51. The third kappa shape index (κ3) is 6.97. The summed E-state index contributed by atoms with van der Waals surface area (Å²) >= 11 is 0. The van der Waals surface area contributed by atoms with Crippen LogP contribution in [-0.2, 0) is 4.79 Å². The van der Waals surface area contributed by atoms with Crippen LogP contribution in [0.25, 0.3) is 0 Å². The zero-order chi connectivity index (χ0) is 16.5. The quantitative estimate of drug-likeness (QED) is 0.628. The summed E-state index contributed by atoms with van der Waals surface area (Å²) in [5, 5.41) is 8.46. The Morgan fingerprint density at radius 3 is 2.39 bits per heavy atom. The third-order valence-electron chi connectivity index (χ3n) is 3.21. The predicted octanol–water partition coefficient (Wildman–Crippen LogP) is 1.73. The van der Waals surface area contributed by atoms with Crippen molar-refractivity contribution in [2.75, 3.05) is 19.6 Å². The second-order valence-electron chi connectivity index (χ2n) is 5.32. The lowest BCUT2D eigenvalue weighted by atomic mass is 10.0. The van der Waals surface area contributed by atoms with Gasteiger partial charge in [0.05, 0.1) is 5.56 Å². The molecule has 0 saturated heterocycles. The fourth-order valence-electron chi connectivity index (χ4n) is 1.96. The van der Waals surface area contributed by atoms with Gasteiger partial charge in [-0.15, -0.1) is 12.4 Å². The van der Waals surface area contributed by atoms with Gasteiger partial charge in [-0.3, -0.25) is 9.59 Å². The fourth-order valence-corrected chi connectivity index (χ4v) is 1.96. The van der Waals surface area contributed by atoms with Crippen LogP contribution in [0, 0.1) is 11.7 Å². The van der Waals surface area contributed by atoms with E-state index in [-0.39, 0.29) is 29.8 Å². The highest BCUT2D eigenvalue weighted by atomic mass is 35.5. The summed E-state index contributed by atoms with van der Waals surface area (Å²) in [6.45, 7) is 7.60. The molecule has 1 unspecified atom stereocenters. The zero-order valence-electron chi connectivity index (χ0n) is 13.7. The molecule has 0 aliphatic heterocycles. The molecule has 23 heavy (non-hydrogen) atoms.